The van der Waals surface area contributed by atoms with Crippen molar-refractivity contribution in [2.75, 3.05) is 0 Å². The summed E-state index contributed by atoms with van der Waals surface area (Å²) in [4.78, 5) is 0. The second-order valence-corrected chi connectivity index (χ2v) is 5.08. The summed E-state index contributed by atoms with van der Waals surface area (Å²) in [7, 11) is 0. The van der Waals surface area contributed by atoms with Gasteiger partial charge in [-0.2, -0.15) is 0 Å². The minimum Gasteiger partial charge on any atom is -0.271 e. The van der Waals surface area contributed by atoms with Crippen molar-refractivity contribution in [1.82, 2.24) is 5.43 Å². The first-order chi connectivity index (χ1) is 9.51. The highest BCUT2D eigenvalue weighted by atomic mass is 35.5. The Morgan fingerprint density at radius 2 is 1.95 bits per heavy atom. The monoisotopic (exact) mass is 296 g/mol. The van der Waals surface area contributed by atoms with Gasteiger partial charge in [0.15, 0.2) is 0 Å². The molecule has 2 aromatic rings. The Balaban J connectivity index is 2.26. The molecule has 0 fully saturated rings. The normalized spacial score (nSPS) is 12.4. The van der Waals surface area contributed by atoms with E-state index in [2.05, 4.69) is 5.43 Å². The number of aryl methyl sites for hydroxylation is 1. The van der Waals surface area contributed by atoms with Gasteiger partial charge in [-0.1, -0.05) is 23.7 Å². The van der Waals surface area contributed by atoms with Crippen LogP contribution in [0, 0.1) is 18.6 Å². The molecule has 20 heavy (non-hydrogen) atoms. The van der Waals surface area contributed by atoms with E-state index in [-0.39, 0.29) is 16.9 Å². The van der Waals surface area contributed by atoms with Gasteiger partial charge in [-0.15, -0.1) is 0 Å². The van der Waals surface area contributed by atoms with Crippen LogP contribution >= 0.6 is 11.6 Å². The van der Waals surface area contributed by atoms with Gasteiger partial charge in [-0.05, 0) is 54.3 Å². The minimum atomic E-state index is -0.453. The molecule has 0 amide bonds. The van der Waals surface area contributed by atoms with E-state index < -0.39 is 5.82 Å². The van der Waals surface area contributed by atoms with Crippen LogP contribution in [0.1, 0.15) is 22.7 Å². The van der Waals surface area contributed by atoms with Crippen molar-refractivity contribution < 1.29 is 8.78 Å². The van der Waals surface area contributed by atoms with E-state index in [0.29, 0.717) is 6.42 Å². The molecule has 2 aromatic carbocycles. The fraction of sp³-hybridized carbons (Fsp3) is 0.200. The summed E-state index contributed by atoms with van der Waals surface area (Å²) in [5.74, 6) is 4.84. The number of nitrogens with two attached hydrogens (primary N) is 1. The first kappa shape index (κ1) is 14.9. The molecule has 0 spiro atoms. The molecule has 3 N–H and O–H groups in total. The number of benzene rings is 2. The zero-order valence-corrected chi connectivity index (χ0v) is 11.7. The molecule has 0 aliphatic rings. The maximum Gasteiger partial charge on any atom is 0.141 e. The SMILES string of the molecule is Cc1cc(F)ccc1C(Cc1ccc(F)c(Cl)c1)NN. The van der Waals surface area contributed by atoms with Gasteiger partial charge in [0.2, 0.25) is 0 Å². The Kier molecular flexibility index (Phi) is 4.70. The van der Waals surface area contributed by atoms with E-state index in [4.69, 9.17) is 17.4 Å². The van der Waals surface area contributed by atoms with Gasteiger partial charge in [0, 0.05) is 0 Å². The number of rotatable bonds is 4. The summed E-state index contributed by atoms with van der Waals surface area (Å²) in [6.45, 7) is 1.82. The van der Waals surface area contributed by atoms with Gasteiger partial charge in [0.05, 0.1) is 11.1 Å². The van der Waals surface area contributed by atoms with E-state index in [1.54, 1.807) is 18.2 Å². The lowest BCUT2D eigenvalue weighted by molar-refractivity contribution is 0.545. The second kappa shape index (κ2) is 6.31. The molecule has 0 bridgehead atoms. The van der Waals surface area contributed by atoms with E-state index in [9.17, 15) is 8.78 Å². The van der Waals surface area contributed by atoms with Crippen LogP contribution in [-0.2, 0) is 6.42 Å². The van der Waals surface area contributed by atoms with Gasteiger partial charge >= 0.3 is 0 Å². The Bertz CT molecular complexity index is 617. The summed E-state index contributed by atoms with van der Waals surface area (Å²) < 4.78 is 26.3. The first-order valence-corrected chi connectivity index (χ1v) is 6.55. The molecule has 0 aliphatic carbocycles. The number of hydrogen-bond acceptors (Lipinski definition) is 2. The lowest BCUT2D eigenvalue weighted by atomic mass is 9.96. The maximum atomic E-state index is 13.1. The molecule has 106 valence electrons. The summed E-state index contributed by atoms with van der Waals surface area (Å²) in [5, 5.41) is 0.0779. The molecule has 0 aliphatic heterocycles. The lowest BCUT2D eigenvalue weighted by Crippen LogP contribution is -2.30. The summed E-state index contributed by atoms with van der Waals surface area (Å²) in [6.07, 6.45) is 0.531. The molecule has 0 heterocycles. The Hall–Kier alpha value is -1.49. The van der Waals surface area contributed by atoms with Crippen LogP contribution in [0.4, 0.5) is 8.78 Å². The van der Waals surface area contributed by atoms with E-state index >= 15 is 0 Å². The van der Waals surface area contributed by atoms with E-state index in [1.165, 1.54) is 18.2 Å². The predicted octanol–water partition coefficient (Wildman–Crippen LogP) is 3.67. The smallest absolute Gasteiger partial charge is 0.141 e. The van der Waals surface area contributed by atoms with Gasteiger partial charge in [0.1, 0.15) is 11.6 Å². The highest BCUT2D eigenvalue weighted by Crippen LogP contribution is 2.24. The second-order valence-electron chi connectivity index (χ2n) is 4.67. The predicted molar refractivity (Wildman–Crippen MR) is 76.3 cm³/mol. The van der Waals surface area contributed by atoms with Crippen molar-refractivity contribution in [2.45, 2.75) is 19.4 Å². The molecule has 0 radical (unpaired) electrons. The van der Waals surface area contributed by atoms with Gasteiger partial charge < -0.3 is 0 Å². The Morgan fingerprint density at radius 1 is 1.20 bits per heavy atom. The summed E-state index contributed by atoms with van der Waals surface area (Å²) in [5.41, 5.74) is 5.26. The van der Waals surface area contributed by atoms with Crippen LogP contribution in [-0.4, -0.2) is 0 Å². The molecule has 0 saturated heterocycles. The Labute approximate surface area is 121 Å². The molecular weight excluding hydrogens is 282 g/mol. The van der Waals surface area contributed by atoms with Crippen LogP contribution < -0.4 is 11.3 Å². The molecule has 2 rings (SSSR count). The summed E-state index contributed by atoms with van der Waals surface area (Å²) >= 11 is 5.76. The summed E-state index contributed by atoms with van der Waals surface area (Å²) in [6, 6.07) is 8.90. The van der Waals surface area contributed by atoms with Gasteiger partial charge in [-0.3, -0.25) is 11.3 Å². The fourth-order valence-electron chi connectivity index (χ4n) is 2.19. The van der Waals surface area contributed by atoms with Crippen LogP contribution in [0.2, 0.25) is 5.02 Å². The molecule has 1 unspecified atom stereocenters. The number of hydrogen-bond donors (Lipinski definition) is 2. The quantitative estimate of drug-likeness (QED) is 0.667. The average Bonchev–Trinajstić information content (AvgIpc) is 2.41. The van der Waals surface area contributed by atoms with Crippen LogP contribution in [0.15, 0.2) is 36.4 Å². The van der Waals surface area contributed by atoms with Crippen molar-refractivity contribution in [3.05, 3.63) is 69.7 Å². The third-order valence-electron chi connectivity index (χ3n) is 3.23. The van der Waals surface area contributed by atoms with Crippen molar-refractivity contribution in [3.8, 4) is 0 Å². The highest BCUT2D eigenvalue weighted by Gasteiger charge is 2.14. The van der Waals surface area contributed by atoms with Crippen LogP contribution in [0.5, 0.6) is 0 Å². The maximum absolute atomic E-state index is 13.1. The highest BCUT2D eigenvalue weighted by molar-refractivity contribution is 6.30. The number of hydrazine groups is 1. The third-order valence-corrected chi connectivity index (χ3v) is 3.52. The molecule has 2 nitrogen and oxygen atoms in total. The van der Waals surface area contributed by atoms with Crippen molar-refractivity contribution in [2.24, 2.45) is 5.84 Å². The molecule has 5 heteroatoms. The lowest BCUT2D eigenvalue weighted by Gasteiger charge is -2.19. The van der Waals surface area contributed by atoms with Crippen LogP contribution in [0.25, 0.3) is 0 Å². The molecule has 0 saturated carbocycles. The van der Waals surface area contributed by atoms with Crippen molar-refractivity contribution in [3.63, 3.8) is 0 Å². The third kappa shape index (κ3) is 3.33. The zero-order valence-electron chi connectivity index (χ0n) is 11.0. The topological polar surface area (TPSA) is 38.0 Å². The molecule has 1 atom stereocenters. The van der Waals surface area contributed by atoms with Crippen molar-refractivity contribution >= 4 is 11.6 Å². The average molecular weight is 297 g/mol. The fourth-order valence-corrected chi connectivity index (χ4v) is 2.39. The van der Waals surface area contributed by atoms with Gasteiger partial charge in [0.25, 0.3) is 0 Å². The van der Waals surface area contributed by atoms with Crippen LogP contribution in [0.3, 0.4) is 0 Å². The zero-order chi connectivity index (χ0) is 14.7. The molecule has 0 aromatic heterocycles. The van der Waals surface area contributed by atoms with Gasteiger partial charge in [-0.25, -0.2) is 8.78 Å². The number of halogens is 3. The van der Waals surface area contributed by atoms with Crippen molar-refractivity contribution in [1.29, 1.82) is 0 Å². The van der Waals surface area contributed by atoms with E-state index in [1.807, 2.05) is 6.92 Å². The largest absolute Gasteiger partial charge is 0.271 e. The minimum absolute atomic E-state index is 0.0779. The first-order valence-electron chi connectivity index (χ1n) is 6.17. The standard InChI is InChI=1S/C15H15ClF2N2/c1-9-6-11(17)3-4-12(9)15(20-19)8-10-2-5-14(18)13(16)7-10/h2-7,15,20H,8,19H2,1H3. The Morgan fingerprint density at radius 3 is 2.55 bits per heavy atom. The van der Waals surface area contributed by atoms with E-state index in [0.717, 1.165) is 16.7 Å². The molecular formula is C15H15ClF2N2. The number of nitrogens with one attached hydrogen (secondary N) is 1.